The minimum Gasteiger partial charge on any atom is -0.462 e. The van der Waals surface area contributed by atoms with Crippen LogP contribution in [0.2, 0.25) is 0 Å². The zero-order valence-electron chi connectivity index (χ0n) is 25.8. The number of amides is 1. The summed E-state index contributed by atoms with van der Waals surface area (Å²) in [6, 6.07) is 6.65. The molecule has 3 aliphatic heterocycles. The standard InChI is InChI=1S/C31H42N10O3/c1-20-9-10-24-23(17-34-41(24)25-8-4-5-16-43-25)27(20)35-30(42)28-26(33)29(40-15-14-39(3)21(18-40)11-12-32)37-31(36-28)44-19-22-7-6-13-38(22)2/h9-10,17,21-22,25H,4-8,11,13-16,18-19,33H2,1-3H3,(H,35,42)/t21-,22-,25?/m0/s1. The van der Waals surface area contributed by atoms with E-state index in [1.807, 2.05) is 35.7 Å². The number of nitriles is 1. The number of likely N-dealkylation sites (tertiary alicyclic amines) is 1. The summed E-state index contributed by atoms with van der Waals surface area (Å²) in [5.74, 6) is 0.00196. The number of nitrogens with one attached hydrogen (secondary N) is 1. The summed E-state index contributed by atoms with van der Waals surface area (Å²) in [5, 5.41) is 17.9. The molecule has 1 unspecified atom stereocenters. The molecule has 0 bridgehead atoms. The lowest BCUT2D eigenvalue weighted by molar-refractivity contribution is -0.0366. The molecule has 3 fully saturated rings. The molecule has 6 rings (SSSR count). The smallest absolute Gasteiger partial charge is 0.319 e. The minimum absolute atomic E-state index is 0.0156. The molecule has 0 aliphatic carbocycles. The molecule has 13 nitrogen and oxygen atoms in total. The predicted octanol–water partition coefficient (Wildman–Crippen LogP) is 3.18. The van der Waals surface area contributed by atoms with Crippen LogP contribution in [0.1, 0.15) is 60.8 Å². The van der Waals surface area contributed by atoms with E-state index in [0.29, 0.717) is 44.2 Å². The van der Waals surface area contributed by atoms with Gasteiger partial charge in [-0.15, -0.1) is 0 Å². The van der Waals surface area contributed by atoms with E-state index in [2.05, 4.69) is 38.3 Å². The number of hydrogen-bond donors (Lipinski definition) is 2. The van der Waals surface area contributed by atoms with Crippen LogP contribution in [0.15, 0.2) is 18.3 Å². The number of rotatable bonds is 8. The Hall–Kier alpha value is -3.99. The van der Waals surface area contributed by atoms with E-state index in [-0.39, 0.29) is 35.7 Å². The van der Waals surface area contributed by atoms with Crippen molar-refractivity contribution in [3.8, 4) is 12.1 Å². The Morgan fingerprint density at radius 1 is 1.14 bits per heavy atom. The van der Waals surface area contributed by atoms with Crippen LogP contribution in [0.25, 0.3) is 10.9 Å². The molecule has 0 radical (unpaired) electrons. The predicted molar refractivity (Wildman–Crippen MR) is 168 cm³/mol. The van der Waals surface area contributed by atoms with Gasteiger partial charge in [0.25, 0.3) is 5.91 Å². The van der Waals surface area contributed by atoms with Gasteiger partial charge in [0.05, 0.1) is 29.9 Å². The lowest BCUT2D eigenvalue weighted by atomic mass is 10.1. The van der Waals surface area contributed by atoms with Crippen LogP contribution in [0.5, 0.6) is 6.01 Å². The third kappa shape index (κ3) is 6.02. The van der Waals surface area contributed by atoms with Gasteiger partial charge in [0.1, 0.15) is 12.3 Å². The van der Waals surface area contributed by atoms with Crippen LogP contribution in [0.4, 0.5) is 17.2 Å². The first-order valence-electron chi connectivity index (χ1n) is 15.6. The highest BCUT2D eigenvalue weighted by atomic mass is 16.5. The van der Waals surface area contributed by atoms with Crippen molar-refractivity contribution in [2.24, 2.45) is 0 Å². The molecule has 3 aliphatic rings. The Kier molecular flexibility index (Phi) is 8.83. The first kappa shape index (κ1) is 30.1. The van der Waals surface area contributed by atoms with E-state index in [1.165, 1.54) is 0 Å². The first-order chi connectivity index (χ1) is 21.3. The van der Waals surface area contributed by atoms with Crippen molar-refractivity contribution in [2.75, 3.05) is 69.4 Å². The molecule has 1 aromatic carbocycles. The molecule has 3 aromatic rings. The third-order valence-electron chi connectivity index (χ3n) is 9.26. The molecular weight excluding hydrogens is 560 g/mol. The molecule has 0 saturated carbocycles. The van der Waals surface area contributed by atoms with Gasteiger partial charge in [0.2, 0.25) is 0 Å². The highest BCUT2D eigenvalue weighted by molar-refractivity contribution is 6.11. The molecule has 0 spiro atoms. The number of nitrogens with two attached hydrogens (primary N) is 1. The van der Waals surface area contributed by atoms with Gasteiger partial charge in [0.15, 0.2) is 17.7 Å². The normalized spacial score (nSPS) is 23.1. The summed E-state index contributed by atoms with van der Waals surface area (Å²) in [7, 11) is 4.10. The molecule has 44 heavy (non-hydrogen) atoms. The van der Waals surface area contributed by atoms with Gasteiger partial charge >= 0.3 is 6.01 Å². The zero-order valence-corrected chi connectivity index (χ0v) is 25.8. The van der Waals surface area contributed by atoms with Crippen LogP contribution in [-0.2, 0) is 4.74 Å². The third-order valence-corrected chi connectivity index (χ3v) is 9.26. The lowest BCUT2D eigenvalue weighted by Gasteiger charge is -2.39. The topological polar surface area (TPSA) is 151 Å². The van der Waals surface area contributed by atoms with Crippen molar-refractivity contribution in [1.29, 1.82) is 5.26 Å². The second-order valence-electron chi connectivity index (χ2n) is 12.2. The number of aryl methyl sites for hydroxylation is 1. The minimum atomic E-state index is -0.450. The average molecular weight is 603 g/mol. The first-order valence-corrected chi connectivity index (χ1v) is 15.6. The van der Waals surface area contributed by atoms with E-state index in [9.17, 15) is 10.1 Å². The Labute approximate surface area is 257 Å². The van der Waals surface area contributed by atoms with Crippen LogP contribution in [-0.4, -0.2) is 101 Å². The largest absolute Gasteiger partial charge is 0.462 e. The Morgan fingerprint density at radius 3 is 2.73 bits per heavy atom. The monoisotopic (exact) mass is 602 g/mol. The van der Waals surface area contributed by atoms with E-state index in [1.54, 1.807) is 6.20 Å². The fraction of sp³-hybridized carbons (Fsp3) is 0.581. The van der Waals surface area contributed by atoms with Gasteiger partial charge in [-0.05, 0) is 71.3 Å². The van der Waals surface area contributed by atoms with Crippen LogP contribution < -0.4 is 20.7 Å². The van der Waals surface area contributed by atoms with Crippen molar-refractivity contribution >= 4 is 34.0 Å². The van der Waals surface area contributed by atoms with Gasteiger partial charge in [-0.3, -0.25) is 9.69 Å². The second-order valence-corrected chi connectivity index (χ2v) is 12.2. The SMILES string of the molecule is Cc1ccc2c(cnn2C2CCCCO2)c1NC(=O)c1nc(OC[C@@H]2CCCN2C)nc(N2CCN(C)[C@@H](CC#N)C2)c1N. The van der Waals surface area contributed by atoms with Crippen LogP contribution in [0, 0.1) is 18.3 Å². The summed E-state index contributed by atoms with van der Waals surface area (Å²) in [6.45, 7) is 6.03. The van der Waals surface area contributed by atoms with Crippen molar-refractivity contribution in [3.05, 3.63) is 29.6 Å². The number of anilines is 3. The zero-order chi connectivity index (χ0) is 30.8. The number of benzene rings is 1. The number of ether oxygens (including phenoxy) is 2. The molecular formula is C31H42N10O3. The Morgan fingerprint density at radius 2 is 1.98 bits per heavy atom. The van der Waals surface area contributed by atoms with E-state index in [4.69, 9.17) is 20.2 Å². The lowest BCUT2D eigenvalue weighted by Crippen LogP contribution is -2.51. The van der Waals surface area contributed by atoms with Gasteiger partial charge in [-0.2, -0.15) is 20.3 Å². The molecule has 3 atom stereocenters. The number of hydrogen-bond acceptors (Lipinski definition) is 11. The van der Waals surface area contributed by atoms with E-state index >= 15 is 0 Å². The molecule has 5 heterocycles. The van der Waals surface area contributed by atoms with Gasteiger partial charge in [0, 0.05) is 43.7 Å². The summed E-state index contributed by atoms with van der Waals surface area (Å²) in [6.07, 6.45) is 7.21. The number of nitrogen functional groups attached to an aromatic ring is 1. The maximum Gasteiger partial charge on any atom is 0.319 e. The maximum absolute atomic E-state index is 14.0. The van der Waals surface area contributed by atoms with Crippen molar-refractivity contribution in [1.82, 2.24) is 29.5 Å². The molecule has 3 N–H and O–H groups in total. The number of carbonyl (C=O) groups excluding carboxylic acids is 1. The fourth-order valence-corrected chi connectivity index (χ4v) is 6.46. The molecule has 234 valence electrons. The van der Waals surface area contributed by atoms with Gasteiger partial charge < -0.3 is 30.3 Å². The van der Waals surface area contributed by atoms with E-state index < -0.39 is 5.91 Å². The number of nitrogens with zero attached hydrogens (tertiary/aromatic N) is 8. The molecule has 3 saturated heterocycles. The number of likely N-dealkylation sites (N-methyl/N-ethyl adjacent to an activating group) is 2. The fourth-order valence-electron chi connectivity index (χ4n) is 6.46. The average Bonchev–Trinajstić information content (AvgIpc) is 3.65. The molecule has 13 heteroatoms. The van der Waals surface area contributed by atoms with Crippen LogP contribution in [0.3, 0.4) is 0 Å². The number of fused-ring (bicyclic) bond motifs is 1. The molecule has 1 amide bonds. The summed E-state index contributed by atoms with van der Waals surface area (Å²) in [5.41, 5.74) is 9.35. The highest BCUT2D eigenvalue weighted by Crippen LogP contribution is 2.34. The van der Waals surface area contributed by atoms with E-state index in [0.717, 1.165) is 61.7 Å². The van der Waals surface area contributed by atoms with Gasteiger partial charge in [-0.25, -0.2) is 4.68 Å². The second kappa shape index (κ2) is 12.9. The maximum atomic E-state index is 14.0. The summed E-state index contributed by atoms with van der Waals surface area (Å²) >= 11 is 0. The number of piperazine rings is 1. The summed E-state index contributed by atoms with van der Waals surface area (Å²) < 4.78 is 14.0. The highest BCUT2D eigenvalue weighted by Gasteiger charge is 2.30. The Balaban J connectivity index is 1.32. The Bertz CT molecular complexity index is 1550. The van der Waals surface area contributed by atoms with Crippen LogP contribution >= 0.6 is 0 Å². The van der Waals surface area contributed by atoms with Crippen molar-refractivity contribution < 1.29 is 14.3 Å². The van der Waals surface area contributed by atoms with Crippen molar-refractivity contribution in [3.63, 3.8) is 0 Å². The summed E-state index contributed by atoms with van der Waals surface area (Å²) in [4.78, 5) is 29.7. The quantitative estimate of drug-likeness (QED) is 0.391. The van der Waals surface area contributed by atoms with Gasteiger partial charge in [-0.1, -0.05) is 6.07 Å². The number of aromatic nitrogens is 4. The molecule has 2 aromatic heterocycles. The number of carbonyl (C=O) groups is 1. The van der Waals surface area contributed by atoms with Crippen molar-refractivity contribution in [2.45, 2.75) is 63.8 Å².